The first-order chi connectivity index (χ1) is 10.2. The molecule has 6 heteroatoms. The molecule has 21 heavy (non-hydrogen) atoms. The number of hydrogen-bond acceptors (Lipinski definition) is 4. The highest BCUT2D eigenvalue weighted by Crippen LogP contribution is 2.13. The summed E-state index contributed by atoms with van der Waals surface area (Å²) < 4.78 is 7.16. The van der Waals surface area contributed by atoms with E-state index in [0.717, 1.165) is 11.1 Å². The van der Waals surface area contributed by atoms with Crippen LogP contribution in [0.25, 0.3) is 0 Å². The SMILES string of the molecule is CCOc1ncccc1CNC(=O)CCc1cnn(C)c1. The van der Waals surface area contributed by atoms with Crippen molar-refractivity contribution in [2.45, 2.75) is 26.3 Å². The van der Waals surface area contributed by atoms with E-state index >= 15 is 0 Å². The van der Waals surface area contributed by atoms with Gasteiger partial charge in [0.2, 0.25) is 11.8 Å². The third-order valence-corrected chi connectivity index (χ3v) is 3.01. The minimum Gasteiger partial charge on any atom is -0.478 e. The van der Waals surface area contributed by atoms with Gasteiger partial charge in [0.05, 0.1) is 12.8 Å². The van der Waals surface area contributed by atoms with Crippen LogP contribution in [0.1, 0.15) is 24.5 Å². The molecule has 0 saturated heterocycles. The van der Waals surface area contributed by atoms with Crippen LogP contribution in [-0.2, 0) is 24.8 Å². The molecule has 0 unspecified atom stereocenters. The van der Waals surface area contributed by atoms with Gasteiger partial charge in [-0.3, -0.25) is 9.48 Å². The molecule has 2 aromatic heterocycles. The van der Waals surface area contributed by atoms with Gasteiger partial charge in [-0.05, 0) is 25.0 Å². The van der Waals surface area contributed by atoms with Crippen LogP contribution < -0.4 is 10.1 Å². The number of pyridine rings is 1. The second-order valence-electron chi connectivity index (χ2n) is 4.70. The van der Waals surface area contributed by atoms with Crippen LogP contribution in [0.15, 0.2) is 30.7 Å². The number of nitrogens with one attached hydrogen (secondary N) is 1. The molecular weight excluding hydrogens is 268 g/mol. The topological polar surface area (TPSA) is 69.0 Å². The fourth-order valence-corrected chi connectivity index (χ4v) is 1.97. The second-order valence-corrected chi connectivity index (χ2v) is 4.70. The molecule has 1 N–H and O–H groups in total. The zero-order chi connectivity index (χ0) is 15.1. The second kappa shape index (κ2) is 7.42. The van der Waals surface area contributed by atoms with Crippen molar-refractivity contribution in [3.8, 4) is 5.88 Å². The summed E-state index contributed by atoms with van der Waals surface area (Å²) in [5.74, 6) is 0.581. The van der Waals surface area contributed by atoms with Crippen LogP contribution in [-0.4, -0.2) is 27.3 Å². The van der Waals surface area contributed by atoms with E-state index in [-0.39, 0.29) is 5.91 Å². The molecule has 0 spiro atoms. The van der Waals surface area contributed by atoms with Crippen molar-refractivity contribution in [3.05, 3.63) is 41.9 Å². The molecule has 0 aliphatic heterocycles. The number of amides is 1. The molecule has 112 valence electrons. The van der Waals surface area contributed by atoms with E-state index in [1.54, 1.807) is 17.1 Å². The molecule has 0 bridgehead atoms. The molecule has 2 heterocycles. The van der Waals surface area contributed by atoms with Gasteiger partial charge in [0.15, 0.2) is 0 Å². The maximum atomic E-state index is 11.9. The van der Waals surface area contributed by atoms with Gasteiger partial charge in [-0.25, -0.2) is 4.98 Å². The molecule has 0 radical (unpaired) electrons. The fourth-order valence-electron chi connectivity index (χ4n) is 1.97. The van der Waals surface area contributed by atoms with Crippen LogP contribution in [0.3, 0.4) is 0 Å². The first-order valence-electron chi connectivity index (χ1n) is 7.00. The van der Waals surface area contributed by atoms with Crippen molar-refractivity contribution in [3.63, 3.8) is 0 Å². The van der Waals surface area contributed by atoms with Crippen LogP contribution in [0, 0.1) is 0 Å². The Morgan fingerprint density at radius 2 is 2.33 bits per heavy atom. The average molecular weight is 288 g/mol. The number of hydrogen-bond donors (Lipinski definition) is 1. The lowest BCUT2D eigenvalue weighted by molar-refractivity contribution is -0.121. The molecule has 0 aliphatic rings. The number of nitrogens with zero attached hydrogens (tertiary/aromatic N) is 3. The summed E-state index contributed by atoms with van der Waals surface area (Å²) in [7, 11) is 1.86. The van der Waals surface area contributed by atoms with E-state index in [1.807, 2.05) is 32.3 Å². The Labute approximate surface area is 124 Å². The van der Waals surface area contributed by atoms with E-state index in [1.165, 1.54) is 0 Å². The zero-order valence-electron chi connectivity index (χ0n) is 12.4. The summed E-state index contributed by atoms with van der Waals surface area (Å²) in [6, 6.07) is 3.74. The number of carbonyl (C=O) groups excluding carboxylic acids is 1. The maximum Gasteiger partial charge on any atom is 0.220 e. The number of aryl methyl sites for hydroxylation is 2. The molecule has 1 amide bonds. The Morgan fingerprint density at radius 3 is 3.05 bits per heavy atom. The van der Waals surface area contributed by atoms with Gasteiger partial charge in [0.25, 0.3) is 0 Å². The largest absolute Gasteiger partial charge is 0.478 e. The summed E-state index contributed by atoms with van der Waals surface area (Å²) in [4.78, 5) is 16.0. The van der Waals surface area contributed by atoms with Gasteiger partial charge in [-0.2, -0.15) is 5.10 Å². The third kappa shape index (κ3) is 4.59. The highest BCUT2D eigenvalue weighted by Gasteiger charge is 2.07. The van der Waals surface area contributed by atoms with E-state index in [0.29, 0.717) is 31.9 Å². The maximum absolute atomic E-state index is 11.9. The van der Waals surface area contributed by atoms with E-state index in [4.69, 9.17) is 4.74 Å². The predicted octanol–water partition coefficient (Wildman–Crippen LogP) is 1.46. The molecule has 0 aliphatic carbocycles. The van der Waals surface area contributed by atoms with Crippen molar-refractivity contribution in [2.24, 2.45) is 7.05 Å². The van der Waals surface area contributed by atoms with E-state index < -0.39 is 0 Å². The van der Waals surface area contributed by atoms with E-state index in [2.05, 4.69) is 15.4 Å². The van der Waals surface area contributed by atoms with Crippen molar-refractivity contribution in [2.75, 3.05) is 6.61 Å². The van der Waals surface area contributed by atoms with Gasteiger partial charge in [0.1, 0.15) is 0 Å². The smallest absolute Gasteiger partial charge is 0.220 e. The summed E-state index contributed by atoms with van der Waals surface area (Å²) in [6.07, 6.45) is 6.50. The highest BCUT2D eigenvalue weighted by atomic mass is 16.5. The Morgan fingerprint density at radius 1 is 1.48 bits per heavy atom. The first-order valence-corrected chi connectivity index (χ1v) is 7.00. The Kier molecular flexibility index (Phi) is 5.31. The van der Waals surface area contributed by atoms with Crippen molar-refractivity contribution >= 4 is 5.91 Å². The van der Waals surface area contributed by atoms with Crippen LogP contribution >= 0.6 is 0 Å². The number of rotatable bonds is 7. The normalized spacial score (nSPS) is 10.4. The van der Waals surface area contributed by atoms with Gasteiger partial charge in [-0.1, -0.05) is 6.07 Å². The van der Waals surface area contributed by atoms with Gasteiger partial charge >= 0.3 is 0 Å². The fraction of sp³-hybridized carbons (Fsp3) is 0.400. The summed E-state index contributed by atoms with van der Waals surface area (Å²) in [5.41, 5.74) is 1.94. The predicted molar refractivity (Wildman–Crippen MR) is 78.8 cm³/mol. The summed E-state index contributed by atoms with van der Waals surface area (Å²) in [5, 5.41) is 6.97. The Hall–Kier alpha value is -2.37. The Balaban J connectivity index is 1.81. The molecule has 2 aromatic rings. The summed E-state index contributed by atoms with van der Waals surface area (Å²) in [6.45, 7) is 2.89. The molecule has 6 nitrogen and oxygen atoms in total. The molecule has 0 aromatic carbocycles. The van der Waals surface area contributed by atoms with Crippen molar-refractivity contribution < 1.29 is 9.53 Å². The van der Waals surface area contributed by atoms with Crippen molar-refractivity contribution in [1.82, 2.24) is 20.1 Å². The minimum absolute atomic E-state index is 0.00477. The molecule has 0 saturated carbocycles. The third-order valence-electron chi connectivity index (χ3n) is 3.01. The molecule has 0 fully saturated rings. The lowest BCUT2D eigenvalue weighted by Gasteiger charge is -2.09. The number of ether oxygens (including phenoxy) is 1. The minimum atomic E-state index is 0.00477. The number of carbonyl (C=O) groups is 1. The average Bonchev–Trinajstić information content (AvgIpc) is 2.90. The Bertz CT molecular complexity index is 595. The molecule has 2 rings (SSSR count). The van der Waals surface area contributed by atoms with E-state index in [9.17, 15) is 4.79 Å². The monoisotopic (exact) mass is 288 g/mol. The first kappa shape index (κ1) is 15.0. The van der Waals surface area contributed by atoms with Gasteiger partial charge in [-0.15, -0.1) is 0 Å². The quantitative estimate of drug-likeness (QED) is 0.837. The molecular formula is C15H20N4O2. The van der Waals surface area contributed by atoms with Gasteiger partial charge in [0, 0.05) is 38.0 Å². The van der Waals surface area contributed by atoms with Crippen LogP contribution in [0.2, 0.25) is 0 Å². The lowest BCUT2D eigenvalue weighted by Crippen LogP contribution is -2.23. The molecule has 0 atom stereocenters. The number of aromatic nitrogens is 3. The van der Waals surface area contributed by atoms with Crippen LogP contribution in [0.5, 0.6) is 5.88 Å². The van der Waals surface area contributed by atoms with Crippen molar-refractivity contribution in [1.29, 1.82) is 0 Å². The lowest BCUT2D eigenvalue weighted by atomic mass is 10.2. The standard InChI is InChI=1S/C15H20N4O2/c1-3-21-15-13(5-4-8-16-15)10-17-14(20)7-6-12-9-18-19(2)11-12/h4-5,8-9,11H,3,6-7,10H2,1-2H3,(H,17,20). The summed E-state index contributed by atoms with van der Waals surface area (Å²) >= 11 is 0. The zero-order valence-corrected chi connectivity index (χ0v) is 12.4. The highest BCUT2D eigenvalue weighted by molar-refractivity contribution is 5.76. The van der Waals surface area contributed by atoms with Crippen LogP contribution in [0.4, 0.5) is 0 Å². The van der Waals surface area contributed by atoms with Gasteiger partial charge < -0.3 is 10.1 Å².